The van der Waals surface area contributed by atoms with Crippen LogP contribution in [0.4, 0.5) is 0 Å². The largest absolute Gasteiger partial charge is 0.370 e. The normalized spacial score (nSPS) is 22.0. The molecule has 0 radical (unpaired) electrons. The van der Waals surface area contributed by atoms with E-state index in [1.807, 2.05) is 11.8 Å². The van der Waals surface area contributed by atoms with Crippen LogP contribution in [-0.4, -0.2) is 42.0 Å². The highest BCUT2D eigenvalue weighted by molar-refractivity contribution is 7.99. The molecule has 1 aromatic rings. The van der Waals surface area contributed by atoms with Gasteiger partial charge in [0.05, 0.1) is 0 Å². The first-order chi connectivity index (χ1) is 10.8. The zero-order valence-electron chi connectivity index (χ0n) is 13.3. The fourth-order valence-electron chi connectivity index (χ4n) is 3.69. The monoisotopic (exact) mass is 317 g/mol. The van der Waals surface area contributed by atoms with Crippen molar-refractivity contribution >= 4 is 17.7 Å². The van der Waals surface area contributed by atoms with Crippen LogP contribution in [0.5, 0.6) is 0 Å². The maximum absolute atomic E-state index is 6.25. The van der Waals surface area contributed by atoms with E-state index in [4.69, 9.17) is 10.7 Å². The molecular formula is C18H27N3S. The van der Waals surface area contributed by atoms with Gasteiger partial charge in [0.25, 0.3) is 0 Å². The number of hydrogen-bond donors (Lipinski definition) is 1. The van der Waals surface area contributed by atoms with Gasteiger partial charge in [-0.3, -0.25) is 4.99 Å². The zero-order valence-corrected chi connectivity index (χ0v) is 14.2. The van der Waals surface area contributed by atoms with Crippen LogP contribution in [0.3, 0.4) is 0 Å². The fourth-order valence-corrected chi connectivity index (χ4v) is 4.59. The van der Waals surface area contributed by atoms with Crippen molar-refractivity contribution < 1.29 is 0 Å². The van der Waals surface area contributed by atoms with Crippen LogP contribution in [0, 0.1) is 5.41 Å². The lowest BCUT2D eigenvalue weighted by Crippen LogP contribution is -2.43. The van der Waals surface area contributed by atoms with Crippen molar-refractivity contribution in [3.63, 3.8) is 0 Å². The molecule has 22 heavy (non-hydrogen) atoms. The first-order valence-electron chi connectivity index (χ1n) is 8.44. The number of thioether (sulfide) groups is 1. The molecule has 0 unspecified atom stereocenters. The number of aliphatic imine (C=N–C) groups is 1. The Bertz CT molecular complexity index is 488. The predicted molar refractivity (Wildman–Crippen MR) is 96.4 cm³/mol. The van der Waals surface area contributed by atoms with Crippen molar-refractivity contribution in [3.8, 4) is 0 Å². The van der Waals surface area contributed by atoms with E-state index >= 15 is 0 Å². The SMILES string of the molecule is NC(=NCC1(Cc2ccccc2)CCCC1)N1CCSCC1. The summed E-state index contributed by atoms with van der Waals surface area (Å²) in [4.78, 5) is 7.06. The van der Waals surface area contributed by atoms with Gasteiger partial charge in [-0.15, -0.1) is 0 Å². The molecule has 0 amide bonds. The van der Waals surface area contributed by atoms with E-state index in [9.17, 15) is 0 Å². The molecule has 120 valence electrons. The Morgan fingerprint density at radius 1 is 1.14 bits per heavy atom. The molecule has 3 nitrogen and oxygen atoms in total. The van der Waals surface area contributed by atoms with Gasteiger partial charge >= 0.3 is 0 Å². The number of nitrogens with zero attached hydrogens (tertiary/aromatic N) is 2. The molecule has 1 aliphatic heterocycles. The van der Waals surface area contributed by atoms with Crippen molar-refractivity contribution in [2.24, 2.45) is 16.1 Å². The van der Waals surface area contributed by atoms with E-state index in [1.54, 1.807) is 0 Å². The zero-order chi connectivity index (χ0) is 15.3. The Morgan fingerprint density at radius 2 is 1.82 bits per heavy atom. The van der Waals surface area contributed by atoms with Crippen LogP contribution in [0.1, 0.15) is 31.2 Å². The summed E-state index contributed by atoms with van der Waals surface area (Å²) in [7, 11) is 0. The van der Waals surface area contributed by atoms with E-state index in [2.05, 4.69) is 35.2 Å². The van der Waals surface area contributed by atoms with Gasteiger partial charge in [0.15, 0.2) is 5.96 Å². The van der Waals surface area contributed by atoms with Gasteiger partial charge in [0.1, 0.15) is 0 Å². The lowest BCUT2D eigenvalue weighted by molar-refractivity contribution is 0.305. The van der Waals surface area contributed by atoms with E-state index in [1.165, 1.54) is 42.8 Å². The molecule has 1 aliphatic carbocycles. The Labute approximate surface area is 138 Å². The minimum atomic E-state index is 0.330. The molecule has 3 rings (SSSR count). The quantitative estimate of drug-likeness (QED) is 0.685. The topological polar surface area (TPSA) is 41.6 Å². The van der Waals surface area contributed by atoms with Gasteiger partial charge in [-0.2, -0.15) is 11.8 Å². The second kappa shape index (κ2) is 7.40. The van der Waals surface area contributed by atoms with Gasteiger partial charge in [0.2, 0.25) is 0 Å². The van der Waals surface area contributed by atoms with Crippen LogP contribution in [0.25, 0.3) is 0 Å². The standard InChI is InChI=1S/C18H27N3S/c19-17(21-10-12-22-13-11-21)20-15-18(8-4-5-9-18)14-16-6-2-1-3-7-16/h1-3,6-7H,4-5,8-15H2,(H2,19,20). The summed E-state index contributed by atoms with van der Waals surface area (Å²) < 4.78 is 0. The maximum atomic E-state index is 6.25. The van der Waals surface area contributed by atoms with Gasteiger partial charge < -0.3 is 10.6 Å². The van der Waals surface area contributed by atoms with Crippen LogP contribution in [0.2, 0.25) is 0 Å². The Kier molecular flexibility index (Phi) is 5.29. The molecular weight excluding hydrogens is 290 g/mol. The van der Waals surface area contributed by atoms with Crippen molar-refractivity contribution in [1.29, 1.82) is 0 Å². The molecule has 0 aromatic heterocycles. The predicted octanol–water partition coefficient (Wildman–Crippen LogP) is 3.15. The lowest BCUT2D eigenvalue weighted by Gasteiger charge is -2.30. The van der Waals surface area contributed by atoms with Crippen LogP contribution in [-0.2, 0) is 6.42 Å². The van der Waals surface area contributed by atoms with Crippen molar-refractivity contribution in [1.82, 2.24) is 4.90 Å². The van der Waals surface area contributed by atoms with Crippen LogP contribution < -0.4 is 5.73 Å². The average Bonchev–Trinajstić information content (AvgIpc) is 3.03. The summed E-state index contributed by atoms with van der Waals surface area (Å²) in [6.07, 6.45) is 6.38. The molecule has 4 heteroatoms. The molecule has 1 saturated carbocycles. The number of nitrogens with two attached hydrogens (primary N) is 1. The minimum absolute atomic E-state index is 0.330. The highest BCUT2D eigenvalue weighted by atomic mass is 32.2. The summed E-state index contributed by atoms with van der Waals surface area (Å²) in [6.45, 7) is 2.98. The molecule has 1 aromatic carbocycles. The number of guanidine groups is 1. The Morgan fingerprint density at radius 3 is 2.50 bits per heavy atom. The summed E-state index contributed by atoms with van der Waals surface area (Å²) in [5, 5.41) is 0. The van der Waals surface area contributed by atoms with Gasteiger partial charge in [-0.1, -0.05) is 43.2 Å². The number of hydrogen-bond acceptors (Lipinski definition) is 2. The summed E-state index contributed by atoms with van der Waals surface area (Å²) in [5.74, 6) is 3.11. The second-order valence-corrected chi connectivity index (χ2v) is 7.87. The van der Waals surface area contributed by atoms with E-state index in [0.717, 1.165) is 32.0 Å². The van der Waals surface area contributed by atoms with E-state index < -0.39 is 0 Å². The first kappa shape index (κ1) is 15.7. The van der Waals surface area contributed by atoms with E-state index in [0.29, 0.717) is 5.41 Å². The molecule has 0 bridgehead atoms. The number of benzene rings is 1. The smallest absolute Gasteiger partial charge is 0.191 e. The molecule has 1 saturated heterocycles. The molecule has 2 N–H and O–H groups in total. The van der Waals surface area contributed by atoms with Crippen molar-refractivity contribution in [2.75, 3.05) is 31.1 Å². The molecule has 2 fully saturated rings. The molecule has 1 heterocycles. The molecule has 0 spiro atoms. The minimum Gasteiger partial charge on any atom is -0.370 e. The molecule has 0 atom stereocenters. The van der Waals surface area contributed by atoms with Crippen LogP contribution >= 0.6 is 11.8 Å². The summed E-state index contributed by atoms with van der Waals surface area (Å²) in [5.41, 5.74) is 8.01. The van der Waals surface area contributed by atoms with E-state index in [-0.39, 0.29) is 0 Å². The van der Waals surface area contributed by atoms with Crippen molar-refractivity contribution in [3.05, 3.63) is 35.9 Å². The average molecular weight is 318 g/mol. The molecule has 2 aliphatic rings. The Hall–Kier alpha value is -1.16. The maximum Gasteiger partial charge on any atom is 0.191 e. The van der Waals surface area contributed by atoms with Gasteiger partial charge in [-0.05, 0) is 30.2 Å². The third kappa shape index (κ3) is 3.97. The van der Waals surface area contributed by atoms with Gasteiger partial charge in [-0.25, -0.2) is 0 Å². The van der Waals surface area contributed by atoms with Crippen LogP contribution in [0.15, 0.2) is 35.3 Å². The highest BCUT2D eigenvalue weighted by Gasteiger charge is 2.34. The number of rotatable bonds is 4. The second-order valence-electron chi connectivity index (χ2n) is 6.64. The lowest BCUT2D eigenvalue weighted by atomic mass is 9.80. The summed E-state index contributed by atoms with van der Waals surface area (Å²) in [6, 6.07) is 10.9. The Balaban J connectivity index is 1.66. The van der Waals surface area contributed by atoms with Gasteiger partial charge in [0, 0.05) is 31.1 Å². The van der Waals surface area contributed by atoms with Crippen molar-refractivity contribution in [2.45, 2.75) is 32.1 Å². The third-order valence-corrected chi connectivity index (χ3v) is 5.94. The first-order valence-corrected chi connectivity index (χ1v) is 9.60. The third-order valence-electron chi connectivity index (χ3n) is 5.00. The fraction of sp³-hybridized carbons (Fsp3) is 0.611. The highest BCUT2D eigenvalue weighted by Crippen LogP contribution is 2.41. The summed E-state index contributed by atoms with van der Waals surface area (Å²) >= 11 is 2.01.